The fourth-order valence-electron chi connectivity index (χ4n) is 1.83. The largest absolute Gasteiger partial charge is 0.549 e. The molecule has 0 aliphatic rings. The van der Waals surface area contributed by atoms with Crippen molar-refractivity contribution >= 4 is 23.9 Å². The van der Waals surface area contributed by atoms with E-state index < -0.39 is 50.1 Å². The molecule has 0 heterocycles. The Bertz CT molecular complexity index is 342. The van der Waals surface area contributed by atoms with Gasteiger partial charge in [-0.3, -0.25) is 9.80 Å². The standard InChI is InChI=1S/C12H20N2O8/c15-9(16)5-13(6-10(17)18)3-1-2-4-14(7-11(19)20)8-12(21)22/h1-8H2,(H,15,16)(H,17,18)(H,19,20)(H,21,22)/p-4. The number of nitrogens with zero attached hydrogens (tertiary/aromatic N) is 2. The zero-order chi connectivity index (χ0) is 17.1. The van der Waals surface area contributed by atoms with Gasteiger partial charge in [-0.1, -0.05) is 0 Å². The molecule has 0 rings (SSSR count). The third-order valence-electron chi connectivity index (χ3n) is 2.61. The number of unbranched alkanes of at least 4 members (excludes halogenated alkanes) is 1. The fraction of sp³-hybridized carbons (Fsp3) is 0.667. The average Bonchev–Trinajstić information content (AvgIpc) is 2.31. The lowest BCUT2D eigenvalue weighted by Gasteiger charge is -2.25. The maximum Gasteiger partial charge on any atom is 0.0555 e. The van der Waals surface area contributed by atoms with E-state index in [2.05, 4.69) is 0 Å². The molecule has 126 valence electrons. The van der Waals surface area contributed by atoms with Crippen molar-refractivity contribution in [2.75, 3.05) is 39.3 Å². The van der Waals surface area contributed by atoms with E-state index in [0.29, 0.717) is 12.8 Å². The van der Waals surface area contributed by atoms with Crippen LogP contribution in [0, 0.1) is 0 Å². The lowest BCUT2D eigenvalue weighted by atomic mass is 10.2. The minimum Gasteiger partial charge on any atom is -0.549 e. The van der Waals surface area contributed by atoms with Gasteiger partial charge in [-0.15, -0.1) is 0 Å². The summed E-state index contributed by atoms with van der Waals surface area (Å²) in [5.74, 6) is -5.73. The lowest BCUT2D eigenvalue weighted by molar-refractivity contribution is -0.313. The Hall–Kier alpha value is -2.20. The first-order chi connectivity index (χ1) is 10.2. The van der Waals surface area contributed by atoms with E-state index in [1.54, 1.807) is 0 Å². The van der Waals surface area contributed by atoms with Gasteiger partial charge < -0.3 is 39.6 Å². The van der Waals surface area contributed by atoms with Crippen LogP contribution in [0.2, 0.25) is 0 Å². The number of hydrogen-bond acceptors (Lipinski definition) is 10. The molecule has 0 aliphatic heterocycles. The lowest BCUT2D eigenvalue weighted by Crippen LogP contribution is -2.45. The van der Waals surface area contributed by atoms with Gasteiger partial charge in [-0.25, -0.2) is 0 Å². The van der Waals surface area contributed by atoms with Crippen molar-refractivity contribution in [3.05, 3.63) is 0 Å². The van der Waals surface area contributed by atoms with E-state index in [4.69, 9.17) is 0 Å². The summed E-state index contributed by atoms with van der Waals surface area (Å²) in [5.41, 5.74) is 0. The zero-order valence-electron chi connectivity index (χ0n) is 11.8. The molecule has 0 fully saturated rings. The van der Waals surface area contributed by atoms with Crippen molar-refractivity contribution in [1.29, 1.82) is 0 Å². The molecule has 0 aromatic heterocycles. The van der Waals surface area contributed by atoms with Crippen LogP contribution in [-0.4, -0.2) is 72.9 Å². The molecular weight excluding hydrogens is 300 g/mol. The van der Waals surface area contributed by atoms with Crippen molar-refractivity contribution in [3.63, 3.8) is 0 Å². The number of hydrogen-bond donors (Lipinski definition) is 0. The van der Waals surface area contributed by atoms with Gasteiger partial charge in [0.2, 0.25) is 0 Å². The van der Waals surface area contributed by atoms with E-state index in [1.807, 2.05) is 0 Å². The predicted octanol–water partition coefficient (Wildman–Crippen LogP) is -6.63. The summed E-state index contributed by atoms with van der Waals surface area (Å²) in [6.45, 7) is -2.09. The van der Waals surface area contributed by atoms with Gasteiger partial charge in [-0.2, -0.15) is 0 Å². The Labute approximate surface area is 126 Å². The van der Waals surface area contributed by atoms with Gasteiger partial charge in [0.05, 0.1) is 23.9 Å². The second kappa shape index (κ2) is 10.5. The molecule has 0 spiro atoms. The van der Waals surface area contributed by atoms with Gasteiger partial charge in [0, 0.05) is 26.2 Å². The highest BCUT2D eigenvalue weighted by atomic mass is 16.4. The Kier molecular flexibility index (Phi) is 9.46. The molecule has 22 heavy (non-hydrogen) atoms. The molecule has 0 aromatic rings. The van der Waals surface area contributed by atoms with Crippen LogP contribution in [0.25, 0.3) is 0 Å². The van der Waals surface area contributed by atoms with E-state index in [9.17, 15) is 39.6 Å². The topological polar surface area (TPSA) is 167 Å². The minimum absolute atomic E-state index is 0.104. The van der Waals surface area contributed by atoms with E-state index in [0.717, 1.165) is 9.80 Å². The van der Waals surface area contributed by atoms with Gasteiger partial charge in [0.1, 0.15) is 0 Å². The molecule has 0 amide bonds. The first-order valence-corrected chi connectivity index (χ1v) is 6.44. The van der Waals surface area contributed by atoms with Crippen LogP contribution in [0.15, 0.2) is 0 Å². The molecule has 0 saturated heterocycles. The third-order valence-corrected chi connectivity index (χ3v) is 2.61. The van der Waals surface area contributed by atoms with Crippen molar-refractivity contribution in [1.82, 2.24) is 9.80 Å². The summed E-state index contributed by atoms with van der Waals surface area (Å²) < 4.78 is 0. The Morgan fingerprint density at radius 2 is 0.773 bits per heavy atom. The summed E-state index contributed by atoms with van der Waals surface area (Å²) in [6.07, 6.45) is 0.661. The van der Waals surface area contributed by atoms with Gasteiger partial charge in [-0.05, 0) is 25.9 Å². The fourth-order valence-corrected chi connectivity index (χ4v) is 1.83. The monoisotopic (exact) mass is 316 g/mol. The van der Waals surface area contributed by atoms with E-state index in [-0.39, 0.29) is 13.1 Å². The van der Waals surface area contributed by atoms with Crippen LogP contribution in [0.3, 0.4) is 0 Å². The minimum atomic E-state index is -1.43. The molecule has 0 aliphatic carbocycles. The highest BCUT2D eigenvalue weighted by molar-refractivity contribution is 5.70. The van der Waals surface area contributed by atoms with Crippen LogP contribution in [0.4, 0.5) is 0 Å². The molecule has 0 atom stereocenters. The van der Waals surface area contributed by atoms with E-state index >= 15 is 0 Å². The second-order valence-electron chi connectivity index (χ2n) is 4.62. The number of carbonyl (C=O) groups excluding carboxylic acids is 4. The van der Waals surface area contributed by atoms with Gasteiger partial charge in [0.25, 0.3) is 0 Å². The Morgan fingerprint density at radius 3 is 0.955 bits per heavy atom. The molecule has 10 nitrogen and oxygen atoms in total. The molecule has 0 radical (unpaired) electrons. The summed E-state index contributed by atoms with van der Waals surface area (Å²) in [7, 11) is 0. The summed E-state index contributed by atoms with van der Waals surface area (Å²) in [5, 5.41) is 41.8. The molecule has 0 saturated carbocycles. The first kappa shape index (κ1) is 19.8. The van der Waals surface area contributed by atoms with Crippen molar-refractivity contribution < 1.29 is 39.6 Å². The molecule has 0 aromatic carbocycles. The SMILES string of the molecule is O=C([O-])CN(CCCCN(CC(=O)[O-])CC(=O)[O-])CC(=O)[O-]. The second-order valence-corrected chi connectivity index (χ2v) is 4.62. The van der Waals surface area contributed by atoms with Crippen LogP contribution >= 0.6 is 0 Å². The van der Waals surface area contributed by atoms with Crippen molar-refractivity contribution in [2.24, 2.45) is 0 Å². The summed E-state index contributed by atoms with van der Waals surface area (Å²) >= 11 is 0. The van der Waals surface area contributed by atoms with E-state index in [1.165, 1.54) is 0 Å². The molecule has 0 unspecified atom stereocenters. The summed E-state index contributed by atoms with van der Waals surface area (Å²) in [6, 6.07) is 0. The number of carboxylic acids is 4. The first-order valence-electron chi connectivity index (χ1n) is 6.44. The third kappa shape index (κ3) is 11.6. The number of aliphatic carboxylic acids is 4. The highest BCUT2D eigenvalue weighted by Crippen LogP contribution is 1.98. The molecule has 0 N–H and O–H groups in total. The van der Waals surface area contributed by atoms with Crippen LogP contribution in [0.5, 0.6) is 0 Å². The summed E-state index contributed by atoms with van der Waals surface area (Å²) in [4.78, 5) is 44.0. The van der Waals surface area contributed by atoms with Crippen LogP contribution < -0.4 is 20.4 Å². The number of carboxylic acid groups (broad SMARTS) is 4. The van der Waals surface area contributed by atoms with Crippen LogP contribution in [-0.2, 0) is 19.2 Å². The Morgan fingerprint density at radius 1 is 0.545 bits per heavy atom. The molecule has 10 heteroatoms. The quantitative estimate of drug-likeness (QED) is 0.298. The van der Waals surface area contributed by atoms with Gasteiger partial charge >= 0.3 is 0 Å². The highest BCUT2D eigenvalue weighted by Gasteiger charge is 2.08. The number of rotatable bonds is 13. The number of carbonyl (C=O) groups is 4. The van der Waals surface area contributed by atoms with Gasteiger partial charge in [0.15, 0.2) is 0 Å². The smallest absolute Gasteiger partial charge is 0.0555 e. The van der Waals surface area contributed by atoms with Crippen molar-refractivity contribution in [2.45, 2.75) is 12.8 Å². The predicted molar refractivity (Wildman–Crippen MR) is 62.1 cm³/mol. The van der Waals surface area contributed by atoms with Crippen molar-refractivity contribution in [3.8, 4) is 0 Å². The molecular formula is C12H16N2O8-4. The maximum atomic E-state index is 10.5. The van der Waals surface area contributed by atoms with Crippen LogP contribution in [0.1, 0.15) is 12.8 Å². The molecule has 0 bridgehead atoms. The maximum absolute atomic E-state index is 10.5. The average molecular weight is 316 g/mol. The normalized spacial score (nSPS) is 10.8. The zero-order valence-corrected chi connectivity index (χ0v) is 11.8. The Balaban J connectivity index is 4.20.